The molecule has 0 saturated carbocycles. The first kappa shape index (κ1) is 15.9. The Morgan fingerprint density at radius 1 is 1.52 bits per heavy atom. The largest absolute Gasteiger partial charge is 0.395 e. The summed E-state index contributed by atoms with van der Waals surface area (Å²) >= 11 is 1.79. The van der Waals surface area contributed by atoms with E-state index in [1.807, 2.05) is 0 Å². The molecule has 0 aromatic carbocycles. The van der Waals surface area contributed by atoms with Crippen LogP contribution >= 0.6 is 11.3 Å². The zero-order valence-corrected chi connectivity index (χ0v) is 13.9. The molecule has 1 unspecified atom stereocenters. The van der Waals surface area contributed by atoms with Gasteiger partial charge in [-0.3, -0.25) is 9.48 Å². The van der Waals surface area contributed by atoms with Gasteiger partial charge < -0.3 is 15.7 Å². The summed E-state index contributed by atoms with van der Waals surface area (Å²) in [6, 6.07) is 0.117. The van der Waals surface area contributed by atoms with Gasteiger partial charge in [-0.15, -0.1) is 11.3 Å². The van der Waals surface area contributed by atoms with Gasteiger partial charge in [0.15, 0.2) is 0 Å². The number of carbonyl (C=O) groups is 1. The minimum atomic E-state index is -0.168. The van der Waals surface area contributed by atoms with E-state index in [4.69, 9.17) is 10.1 Å². The SMILES string of the molecule is CC(Nc1cnn(CC(=O)NCCO)c1)c1nc2c(s1)CCC2. The molecule has 0 bridgehead atoms. The van der Waals surface area contributed by atoms with E-state index in [2.05, 4.69) is 22.7 Å². The van der Waals surface area contributed by atoms with Crippen LogP contribution in [0.3, 0.4) is 0 Å². The van der Waals surface area contributed by atoms with Crippen LogP contribution < -0.4 is 10.6 Å². The monoisotopic (exact) mass is 335 g/mol. The van der Waals surface area contributed by atoms with Crippen molar-refractivity contribution in [3.63, 3.8) is 0 Å². The van der Waals surface area contributed by atoms with E-state index in [1.54, 1.807) is 28.4 Å². The van der Waals surface area contributed by atoms with Crippen molar-refractivity contribution in [2.24, 2.45) is 0 Å². The Morgan fingerprint density at radius 2 is 2.39 bits per heavy atom. The van der Waals surface area contributed by atoms with Crippen molar-refractivity contribution >= 4 is 22.9 Å². The molecule has 2 aromatic rings. The maximum atomic E-state index is 11.6. The molecular weight excluding hydrogens is 314 g/mol. The van der Waals surface area contributed by atoms with Gasteiger partial charge in [-0.2, -0.15) is 5.10 Å². The van der Waals surface area contributed by atoms with E-state index in [0.29, 0.717) is 0 Å². The van der Waals surface area contributed by atoms with E-state index in [9.17, 15) is 4.79 Å². The van der Waals surface area contributed by atoms with E-state index in [0.717, 1.165) is 23.5 Å². The second kappa shape index (κ2) is 7.10. The highest BCUT2D eigenvalue weighted by molar-refractivity contribution is 7.11. The standard InChI is InChI=1S/C15H21N5O2S/c1-10(15-19-12-3-2-4-13(12)23-15)18-11-7-17-20(8-11)9-14(22)16-5-6-21/h7-8,10,18,21H,2-6,9H2,1H3,(H,16,22). The Labute approximate surface area is 138 Å². The fourth-order valence-electron chi connectivity index (χ4n) is 2.63. The Hall–Kier alpha value is -1.93. The number of aliphatic hydroxyl groups is 1. The van der Waals surface area contributed by atoms with Gasteiger partial charge in [-0.05, 0) is 26.2 Å². The molecule has 0 spiro atoms. The number of aromatic nitrogens is 3. The molecule has 124 valence electrons. The molecule has 1 amide bonds. The van der Waals surface area contributed by atoms with E-state index >= 15 is 0 Å². The van der Waals surface area contributed by atoms with Gasteiger partial charge in [0.1, 0.15) is 11.6 Å². The summed E-state index contributed by atoms with van der Waals surface area (Å²) in [7, 11) is 0. The van der Waals surface area contributed by atoms with Crippen LogP contribution in [0.25, 0.3) is 0 Å². The number of amides is 1. The van der Waals surface area contributed by atoms with Gasteiger partial charge in [0.25, 0.3) is 0 Å². The average molecular weight is 335 g/mol. The Balaban J connectivity index is 1.56. The summed E-state index contributed by atoms with van der Waals surface area (Å²) in [6.45, 7) is 2.42. The normalized spacial score (nSPS) is 14.5. The number of aliphatic hydroxyl groups excluding tert-OH is 1. The second-order valence-electron chi connectivity index (χ2n) is 5.64. The Morgan fingerprint density at radius 3 is 3.17 bits per heavy atom. The van der Waals surface area contributed by atoms with Crippen molar-refractivity contribution in [3.05, 3.63) is 28.0 Å². The molecule has 1 aliphatic rings. The first-order chi connectivity index (χ1) is 11.2. The smallest absolute Gasteiger partial charge is 0.241 e. The number of fused-ring (bicyclic) bond motifs is 1. The van der Waals surface area contributed by atoms with Crippen LogP contribution in [0.2, 0.25) is 0 Å². The lowest BCUT2D eigenvalue weighted by Crippen LogP contribution is -2.30. The summed E-state index contributed by atoms with van der Waals surface area (Å²) in [6.07, 6.45) is 6.98. The zero-order valence-electron chi connectivity index (χ0n) is 13.1. The molecule has 2 heterocycles. The molecule has 3 N–H and O–H groups in total. The maximum Gasteiger partial charge on any atom is 0.241 e. The van der Waals surface area contributed by atoms with Gasteiger partial charge in [0, 0.05) is 17.6 Å². The number of rotatable bonds is 7. The van der Waals surface area contributed by atoms with Crippen LogP contribution in [-0.4, -0.2) is 38.9 Å². The fraction of sp³-hybridized carbons (Fsp3) is 0.533. The number of anilines is 1. The third-order valence-corrected chi connectivity index (χ3v) is 5.08. The van der Waals surface area contributed by atoms with Gasteiger partial charge in [0.2, 0.25) is 5.91 Å². The van der Waals surface area contributed by atoms with Crippen LogP contribution in [-0.2, 0) is 24.2 Å². The van der Waals surface area contributed by atoms with E-state index in [-0.39, 0.29) is 31.6 Å². The molecular formula is C15H21N5O2S. The number of carbonyl (C=O) groups excluding carboxylic acids is 1. The molecule has 1 aliphatic carbocycles. The first-order valence-electron chi connectivity index (χ1n) is 7.80. The van der Waals surface area contributed by atoms with E-state index < -0.39 is 0 Å². The van der Waals surface area contributed by atoms with Crippen LogP contribution in [0.1, 0.15) is 35.0 Å². The molecule has 3 rings (SSSR count). The van der Waals surface area contributed by atoms with Gasteiger partial charge in [-0.1, -0.05) is 0 Å². The van der Waals surface area contributed by atoms with Crippen LogP contribution in [0.15, 0.2) is 12.4 Å². The average Bonchev–Trinajstić information content (AvgIpc) is 3.20. The first-order valence-corrected chi connectivity index (χ1v) is 8.62. The molecule has 2 aromatic heterocycles. The van der Waals surface area contributed by atoms with E-state index in [1.165, 1.54) is 17.0 Å². The Kier molecular flexibility index (Phi) is 4.92. The Bertz CT molecular complexity index is 660. The highest BCUT2D eigenvalue weighted by atomic mass is 32.1. The molecule has 0 saturated heterocycles. The summed E-state index contributed by atoms with van der Waals surface area (Å²) in [5.41, 5.74) is 2.12. The van der Waals surface area contributed by atoms with Crippen LogP contribution in [0, 0.1) is 0 Å². The molecule has 0 aliphatic heterocycles. The van der Waals surface area contributed by atoms with Gasteiger partial charge in [-0.25, -0.2) is 4.98 Å². The number of aryl methyl sites for hydroxylation is 2. The van der Waals surface area contributed by atoms with Crippen molar-refractivity contribution in [2.45, 2.75) is 38.8 Å². The maximum absolute atomic E-state index is 11.6. The highest BCUT2D eigenvalue weighted by Gasteiger charge is 2.19. The summed E-state index contributed by atoms with van der Waals surface area (Å²) in [5.74, 6) is -0.168. The van der Waals surface area contributed by atoms with Crippen molar-refractivity contribution in [2.75, 3.05) is 18.5 Å². The minimum absolute atomic E-state index is 0.0625. The summed E-state index contributed by atoms with van der Waals surface area (Å²) < 4.78 is 1.57. The highest BCUT2D eigenvalue weighted by Crippen LogP contribution is 2.31. The predicted molar refractivity (Wildman–Crippen MR) is 88.5 cm³/mol. The van der Waals surface area contributed by atoms with Gasteiger partial charge in [0.05, 0.1) is 30.2 Å². The molecule has 0 radical (unpaired) electrons. The van der Waals surface area contributed by atoms with Crippen LogP contribution in [0.4, 0.5) is 5.69 Å². The number of hydrogen-bond acceptors (Lipinski definition) is 6. The molecule has 7 nitrogen and oxygen atoms in total. The topological polar surface area (TPSA) is 92.1 Å². The summed E-state index contributed by atoms with van der Waals surface area (Å²) in [4.78, 5) is 17.7. The number of nitrogens with one attached hydrogen (secondary N) is 2. The second-order valence-corrected chi connectivity index (χ2v) is 6.76. The van der Waals surface area contributed by atoms with Gasteiger partial charge >= 0.3 is 0 Å². The molecule has 0 fully saturated rings. The lowest BCUT2D eigenvalue weighted by atomic mass is 10.3. The quantitative estimate of drug-likeness (QED) is 0.705. The van der Waals surface area contributed by atoms with Crippen molar-refractivity contribution in [1.82, 2.24) is 20.1 Å². The lowest BCUT2D eigenvalue weighted by molar-refractivity contribution is -0.122. The van der Waals surface area contributed by atoms with Crippen molar-refractivity contribution < 1.29 is 9.90 Å². The number of thiazole rings is 1. The third-order valence-electron chi connectivity index (χ3n) is 3.74. The van der Waals surface area contributed by atoms with Crippen LogP contribution in [0.5, 0.6) is 0 Å². The van der Waals surface area contributed by atoms with Crippen molar-refractivity contribution in [1.29, 1.82) is 0 Å². The fourth-order valence-corrected chi connectivity index (χ4v) is 3.79. The number of hydrogen-bond donors (Lipinski definition) is 3. The third kappa shape index (κ3) is 3.89. The number of nitrogens with zero attached hydrogens (tertiary/aromatic N) is 3. The zero-order chi connectivity index (χ0) is 16.2. The predicted octanol–water partition coefficient (Wildman–Crippen LogP) is 1.11. The summed E-state index contributed by atoms with van der Waals surface area (Å²) in [5, 5.41) is 19.9. The minimum Gasteiger partial charge on any atom is -0.395 e. The molecule has 23 heavy (non-hydrogen) atoms. The lowest BCUT2D eigenvalue weighted by Gasteiger charge is -2.10. The molecule has 1 atom stereocenters. The van der Waals surface area contributed by atoms with Crippen molar-refractivity contribution in [3.8, 4) is 0 Å². The molecule has 8 heteroatoms.